The van der Waals surface area contributed by atoms with Gasteiger partial charge in [-0.05, 0) is 64.2 Å². The molecule has 1 N–H and O–H groups in total. The first-order chi connectivity index (χ1) is 35.6. The van der Waals surface area contributed by atoms with Crippen LogP contribution in [0.15, 0.2) is 72.9 Å². The zero-order valence-electron chi connectivity index (χ0n) is 47.9. The second-order valence-corrected chi connectivity index (χ2v) is 21.1. The smallest absolute Gasteiger partial charge is 0.306 e. The maximum Gasteiger partial charge on any atom is 0.306 e. The van der Waals surface area contributed by atoms with Gasteiger partial charge in [-0.25, -0.2) is 0 Å². The van der Waals surface area contributed by atoms with Crippen LogP contribution in [0.4, 0.5) is 0 Å². The molecule has 0 radical (unpaired) electrons. The van der Waals surface area contributed by atoms with E-state index in [0.29, 0.717) is 12.8 Å². The molecule has 1 atom stereocenters. The first-order valence-electron chi connectivity index (χ1n) is 31.5. The lowest BCUT2D eigenvalue weighted by atomic mass is 10.0. The van der Waals surface area contributed by atoms with Crippen LogP contribution >= 0.6 is 0 Å². The summed E-state index contributed by atoms with van der Waals surface area (Å²) >= 11 is 0. The van der Waals surface area contributed by atoms with Crippen LogP contribution in [0.25, 0.3) is 0 Å². The lowest BCUT2D eigenvalue weighted by molar-refractivity contribution is -0.161. The predicted molar refractivity (Wildman–Crippen MR) is 316 cm³/mol. The Morgan fingerprint density at radius 3 is 0.903 bits per heavy atom. The predicted octanol–water partition coefficient (Wildman–Crippen LogP) is 21.5. The molecular weight excluding hydrogens is 885 g/mol. The first-order valence-corrected chi connectivity index (χ1v) is 31.5. The van der Waals surface area contributed by atoms with Crippen molar-refractivity contribution in [2.45, 2.75) is 328 Å². The Hall–Kier alpha value is -2.66. The van der Waals surface area contributed by atoms with E-state index < -0.39 is 6.10 Å². The van der Waals surface area contributed by atoms with Crippen molar-refractivity contribution in [3.8, 4) is 0 Å². The average molecular weight is 1010 g/mol. The van der Waals surface area contributed by atoms with E-state index in [9.17, 15) is 14.7 Å². The highest BCUT2D eigenvalue weighted by molar-refractivity contribution is 5.70. The van der Waals surface area contributed by atoms with Crippen LogP contribution in [0.5, 0.6) is 0 Å². The summed E-state index contributed by atoms with van der Waals surface area (Å²) in [6.45, 7) is 4.07. The summed E-state index contributed by atoms with van der Waals surface area (Å²) in [6.07, 6.45) is 86.2. The minimum Gasteiger partial charge on any atom is -0.462 e. The Morgan fingerprint density at radius 2 is 0.597 bits per heavy atom. The summed E-state index contributed by atoms with van der Waals surface area (Å²) in [5.74, 6) is -0.574. The van der Waals surface area contributed by atoms with E-state index in [4.69, 9.17) is 9.47 Å². The molecule has 0 spiro atoms. The molecule has 0 rings (SSSR count). The SMILES string of the molecule is CC/C=C\C/C=C\C/C=C\C/C=C\C/C=C\C/C=C\CCCCCCCCCCCCCCCCCCC(=O)OC(CO)COC(=O)CCCCCCCCCCCCCCCCCCCCCCCCC. The number of allylic oxidation sites excluding steroid dienone is 12. The Kier molecular flexibility index (Phi) is 60.3. The van der Waals surface area contributed by atoms with Crippen molar-refractivity contribution >= 4 is 11.9 Å². The van der Waals surface area contributed by atoms with Gasteiger partial charge in [0.1, 0.15) is 6.61 Å². The van der Waals surface area contributed by atoms with Crippen LogP contribution in [0.3, 0.4) is 0 Å². The van der Waals surface area contributed by atoms with Gasteiger partial charge in [0.25, 0.3) is 0 Å². The van der Waals surface area contributed by atoms with Crippen molar-refractivity contribution in [1.29, 1.82) is 0 Å². The zero-order valence-corrected chi connectivity index (χ0v) is 47.9. The highest BCUT2D eigenvalue weighted by atomic mass is 16.6. The molecule has 1 unspecified atom stereocenters. The molecule has 0 aliphatic carbocycles. The van der Waals surface area contributed by atoms with E-state index in [1.165, 1.54) is 218 Å². The molecule has 5 heteroatoms. The average Bonchev–Trinajstić information content (AvgIpc) is 3.38. The van der Waals surface area contributed by atoms with E-state index in [0.717, 1.165) is 77.0 Å². The lowest BCUT2D eigenvalue weighted by Crippen LogP contribution is -2.28. The second kappa shape index (κ2) is 62.6. The van der Waals surface area contributed by atoms with Crippen molar-refractivity contribution in [2.75, 3.05) is 13.2 Å². The molecule has 0 amide bonds. The third kappa shape index (κ3) is 59.9. The van der Waals surface area contributed by atoms with Gasteiger partial charge in [-0.1, -0.05) is 318 Å². The first kappa shape index (κ1) is 69.3. The number of ether oxygens (including phenoxy) is 2. The number of hydrogen-bond acceptors (Lipinski definition) is 5. The molecule has 0 fully saturated rings. The quantitative estimate of drug-likeness (QED) is 0.0373. The van der Waals surface area contributed by atoms with Gasteiger partial charge in [-0.3, -0.25) is 9.59 Å². The maximum atomic E-state index is 12.3. The highest BCUT2D eigenvalue weighted by Crippen LogP contribution is 2.18. The van der Waals surface area contributed by atoms with Crippen molar-refractivity contribution in [1.82, 2.24) is 0 Å². The summed E-state index contributed by atoms with van der Waals surface area (Å²) in [5, 5.41) is 9.68. The Labute approximate surface area is 448 Å². The van der Waals surface area contributed by atoms with Gasteiger partial charge in [0.15, 0.2) is 6.10 Å². The van der Waals surface area contributed by atoms with Gasteiger partial charge >= 0.3 is 11.9 Å². The topological polar surface area (TPSA) is 72.8 Å². The molecule has 0 aliphatic heterocycles. The number of carbonyl (C=O) groups excluding carboxylic acids is 2. The van der Waals surface area contributed by atoms with Crippen LogP contribution in [0.1, 0.15) is 322 Å². The molecule has 0 aromatic heterocycles. The van der Waals surface area contributed by atoms with Gasteiger partial charge in [-0.15, -0.1) is 0 Å². The lowest BCUT2D eigenvalue weighted by Gasteiger charge is -2.15. The van der Waals surface area contributed by atoms with Gasteiger partial charge in [-0.2, -0.15) is 0 Å². The summed E-state index contributed by atoms with van der Waals surface area (Å²) in [4.78, 5) is 24.6. The fourth-order valence-corrected chi connectivity index (χ4v) is 9.33. The van der Waals surface area contributed by atoms with Gasteiger partial charge in [0.05, 0.1) is 6.61 Å². The molecule has 0 heterocycles. The number of hydrogen-bond donors (Lipinski definition) is 1. The molecule has 418 valence electrons. The van der Waals surface area contributed by atoms with Gasteiger partial charge < -0.3 is 14.6 Å². The van der Waals surface area contributed by atoms with Gasteiger partial charge in [0, 0.05) is 12.8 Å². The van der Waals surface area contributed by atoms with E-state index in [-0.39, 0.29) is 25.2 Å². The number of aliphatic hydroxyl groups excluding tert-OH is 1. The summed E-state index contributed by atoms with van der Waals surface area (Å²) < 4.78 is 10.7. The Balaban J connectivity index is 3.45. The van der Waals surface area contributed by atoms with Crippen LogP contribution in [0.2, 0.25) is 0 Å². The molecule has 0 aromatic carbocycles. The monoisotopic (exact) mass is 1000 g/mol. The summed E-state index contributed by atoms with van der Waals surface area (Å²) in [6, 6.07) is 0. The van der Waals surface area contributed by atoms with Crippen molar-refractivity contribution in [3.05, 3.63) is 72.9 Å². The largest absolute Gasteiger partial charge is 0.462 e. The number of carbonyl (C=O) groups is 2. The number of rotatable bonds is 58. The van der Waals surface area contributed by atoms with Crippen molar-refractivity contribution in [2.24, 2.45) is 0 Å². The molecule has 0 bridgehead atoms. The van der Waals surface area contributed by atoms with Crippen LogP contribution in [-0.4, -0.2) is 36.4 Å². The van der Waals surface area contributed by atoms with E-state index in [1.807, 2.05) is 0 Å². The van der Waals surface area contributed by atoms with E-state index in [1.54, 1.807) is 0 Å². The van der Waals surface area contributed by atoms with Gasteiger partial charge in [0.2, 0.25) is 0 Å². The fraction of sp³-hybridized carbons (Fsp3) is 0.791. The molecule has 0 aliphatic rings. The summed E-state index contributed by atoms with van der Waals surface area (Å²) in [5.41, 5.74) is 0. The molecular formula is C67H120O5. The highest BCUT2D eigenvalue weighted by Gasteiger charge is 2.16. The molecule has 72 heavy (non-hydrogen) atoms. The maximum absolute atomic E-state index is 12.3. The van der Waals surface area contributed by atoms with E-state index in [2.05, 4.69) is 86.8 Å². The van der Waals surface area contributed by atoms with E-state index >= 15 is 0 Å². The third-order valence-corrected chi connectivity index (χ3v) is 14.0. The minimum absolute atomic E-state index is 0.0622. The fourth-order valence-electron chi connectivity index (χ4n) is 9.33. The third-order valence-electron chi connectivity index (χ3n) is 14.0. The van der Waals surface area contributed by atoms with Crippen molar-refractivity contribution in [3.63, 3.8) is 0 Å². The Morgan fingerprint density at radius 1 is 0.333 bits per heavy atom. The Bertz CT molecular complexity index is 1270. The number of unbranched alkanes of at least 4 members (excludes halogenated alkanes) is 38. The van der Waals surface area contributed by atoms with Crippen LogP contribution in [0, 0.1) is 0 Å². The van der Waals surface area contributed by atoms with Crippen LogP contribution in [-0.2, 0) is 19.1 Å². The second-order valence-electron chi connectivity index (χ2n) is 21.1. The minimum atomic E-state index is -0.772. The number of esters is 2. The molecule has 0 aromatic rings. The van der Waals surface area contributed by atoms with Crippen molar-refractivity contribution < 1.29 is 24.2 Å². The molecule has 0 saturated heterocycles. The number of aliphatic hydroxyl groups is 1. The standard InChI is InChI=1S/C67H120O5/c1-3-5-7-9-11-13-15-17-19-21-23-25-27-28-29-30-31-32-33-34-35-36-37-38-40-42-44-46-48-50-52-54-56-58-60-62-67(70)72-65(63-68)64-71-66(69)61-59-57-55-53-51-49-47-45-43-41-39-26-24-22-20-18-16-14-12-10-8-6-4-2/h5,7,11,13,17,19,23,25,28-29,31-32,65,68H,3-4,6,8-10,12,14-16,18,20-22,24,26-27,30,33-64H2,1-2H3/b7-5-,13-11-,19-17-,25-23-,29-28-,32-31-. The summed E-state index contributed by atoms with van der Waals surface area (Å²) in [7, 11) is 0. The molecule has 0 saturated carbocycles. The molecule has 5 nitrogen and oxygen atoms in total. The normalized spacial score (nSPS) is 12.7. The van der Waals surface area contributed by atoms with Crippen LogP contribution < -0.4 is 0 Å². The zero-order chi connectivity index (χ0) is 52.0.